The zero-order chi connectivity index (χ0) is 7.90. The zero-order valence-electron chi connectivity index (χ0n) is 5.95. The van der Waals surface area contributed by atoms with Gasteiger partial charge in [0.15, 0.2) is 0 Å². The lowest BCUT2D eigenvalue weighted by Crippen LogP contribution is -1.95. The second-order valence-electron chi connectivity index (χ2n) is 2.65. The first-order chi connectivity index (χ1) is 5.20. The van der Waals surface area contributed by atoms with Crippen molar-refractivity contribution in [1.82, 2.24) is 0 Å². The van der Waals surface area contributed by atoms with Crippen LogP contribution in [0.25, 0.3) is 0 Å². The second-order valence-corrected chi connectivity index (χ2v) is 4.84. The molecular weight excluding hydrogens is 160 g/mol. The molecule has 1 aromatic rings. The predicted molar refractivity (Wildman–Crippen MR) is 45.0 cm³/mol. The van der Waals surface area contributed by atoms with Gasteiger partial charge in [0.1, 0.15) is 0 Å². The molecule has 2 rings (SSSR count). The van der Waals surface area contributed by atoms with Crippen LogP contribution in [0, 0.1) is 6.07 Å². The third-order valence-corrected chi connectivity index (χ3v) is 3.78. The highest BCUT2D eigenvalue weighted by atomic mass is 32.3. The maximum Gasteiger partial charge on any atom is 0.0622 e. The third-order valence-electron chi connectivity index (χ3n) is 1.92. The van der Waals surface area contributed by atoms with Gasteiger partial charge in [-0.2, -0.15) is 10.6 Å². The number of rotatable bonds is 0. The van der Waals surface area contributed by atoms with Gasteiger partial charge in [0.05, 0.1) is 4.90 Å². The molecule has 3 heteroatoms. The summed E-state index contributed by atoms with van der Waals surface area (Å²) in [4.78, 5) is 0.694. The number of hydrogen-bond acceptors (Lipinski definition) is 2. The van der Waals surface area contributed by atoms with Gasteiger partial charge < -0.3 is 0 Å². The Kier molecular flexibility index (Phi) is 1.45. The average molecular weight is 169 g/mol. The Morgan fingerprint density at radius 3 is 3.00 bits per heavy atom. The molecule has 1 aliphatic rings. The van der Waals surface area contributed by atoms with Crippen LogP contribution in [0.3, 0.4) is 0 Å². The van der Waals surface area contributed by atoms with Gasteiger partial charge in [-0.3, -0.25) is 9.11 Å². The number of hydrogen-bond donors (Lipinski definition) is 2. The third kappa shape index (κ3) is 1.05. The van der Waals surface area contributed by atoms with Crippen molar-refractivity contribution in [1.29, 1.82) is 0 Å². The monoisotopic (exact) mass is 169 g/mol. The van der Waals surface area contributed by atoms with E-state index in [1.807, 2.05) is 6.07 Å². The minimum absolute atomic E-state index is 0.486. The van der Waals surface area contributed by atoms with Crippen LogP contribution >= 0.6 is 10.6 Å². The summed E-state index contributed by atoms with van der Waals surface area (Å²) in [5.41, 5.74) is 1.06. The molecule has 0 saturated heterocycles. The molecule has 0 unspecified atom stereocenters. The van der Waals surface area contributed by atoms with Crippen molar-refractivity contribution in [3.8, 4) is 0 Å². The maximum absolute atomic E-state index is 9.47. The van der Waals surface area contributed by atoms with E-state index < -0.39 is 10.6 Å². The highest BCUT2D eigenvalue weighted by Gasteiger charge is 2.25. The van der Waals surface area contributed by atoms with Crippen molar-refractivity contribution < 1.29 is 9.11 Å². The van der Waals surface area contributed by atoms with Gasteiger partial charge in [-0.15, -0.1) is 0 Å². The SMILES string of the molecule is OS1(O)CCc2cc[c]cc21. The van der Waals surface area contributed by atoms with E-state index in [9.17, 15) is 9.11 Å². The Labute approximate surface area is 67.2 Å². The van der Waals surface area contributed by atoms with Gasteiger partial charge in [-0.05, 0) is 24.1 Å². The lowest BCUT2D eigenvalue weighted by Gasteiger charge is -2.26. The van der Waals surface area contributed by atoms with Crippen molar-refractivity contribution >= 4 is 10.6 Å². The van der Waals surface area contributed by atoms with Crippen molar-refractivity contribution in [3.05, 3.63) is 29.8 Å². The standard InChI is InChI=1S/C8H9O2S/c9-11(10)6-5-7-3-1-2-4-8(7)11/h1,3-4,9-10H,5-6H2. The summed E-state index contributed by atoms with van der Waals surface area (Å²) in [6.45, 7) is 0. The molecule has 1 heterocycles. The molecule has 11 heavy (non-hydrogen) atoms. The molecule has 1 aliphatic heterocycles. The summed E-state index contributed by atoms with van der Waals surface area (Å²) in [6.07, 6.45) is 0.784. The quantitative estimate of drug-likeness (QED) is 0.624. The topological polar surface area (TPSA) is 40.5 Å². The van der Waals surface area contributed by atoms with Crippen molar-refractivity contribution in [3.63, 3.8) is 0 Å². The molecule has 0 saturated carbocycles. The minimum atomic E-state index is -2.44. The molecule has 0 fully saturated rings. The summed E-state index contributed by atoms with van der Waals surface area (Å²) >= 11 is 0. The molecule has 0 amide bonds. The molecule has 1 radical (unpaired) electrons. The minimum Gasteiger partial charge on any atom is -0.295 e. The Balaban J connectivity index is 2.56. The van der Waals surface area contributed by atoms with Gasteiger partial charge >= 0.3 is 0 Å². The fraction of sp³-hybridized carbons (Fsp3) is 0.250. The first-order valence-electron chi connectivity index (χ1n) is 3.45. The molecule has 2 nitrogen and oxygen atoms in total. The first kappa shape index (κ1) is 7.16. The van der Waals surface area contributed by atoms with Crippen LogP contribution in [0.15, 0.2) is 23.1 Å². The lowest BCUT2D eigenvalue weighted by atomic mass is 10.2. The van der Waals surface area contributed by atoms with E-state index in [0.717, 1.165) is 12.0 Å². The van der Waals surface area contributed by atoms with E-state index in [1.54, 1.807) is 12.1 Å². The molecule has 1 aromatic carbocycles. The first-order valence-corrected chi connectivity index (χ1v) is 5.17. The average Bonchev–Trinajstić information content (AvgIpc) is 2.29. The largest absolute Gasteiger partial charge is 0.295 e. The highest BCUT2D eigenvalue weighted by Crippen LogP contribution is 2.54. The van der Waals surface area contributed by atoms with E-state index in [1.165, 1.54) is 0 Å². The number of fused-ring (bicyclic) bond motifs is 1. The Bertz CT molecular complexity index is 283. The summed E-state index contributed by atoms with van der Waals surface area (Å²) in [7, 11) is -2.44. The van der Waals surface area contributed by atoms with E-state index in [0.29, 0.717) is 10.6 Å². The van der Waals surface area contributed by atoms with E-state index in [2.05, 4.69) is 6.07 Å². The highest BCUT2D eigenvalue weighted by molar-refractivity contribution is 8.24. The second kappa shape index (κ2) is 2.24. The normalized spacial score (nSPS) is 22.7. The van der Waals surface area contributed by atoms with E-state index >= 15 is 0 Å². The molecule has 59 valence electrons. The van der Waals surface area contributed by atoms with Gasteiger partial charge in [0, 0.05) is 5.75 Å². The number of benzene rings is 1. The van der Waals surface area contributed by atoms with Gasteiger partial charge in [0.2, 0.25) is 0 Å². The zero-order valence-corrected chi connectivity index (χ0v) is 6.77. The van der Waals surface area contributed by atoms with Crippen molar-refractivity contribution in [2.75, 3.05) is 5.75 Å². The van der Waals surface area contributed by atoms with Gasteiger partial charge in [0.25, 0.3) is 0 Å². The summed E-state index contributed by atoms with van der Waals surface area (Å²) < 4.78 is 18.9. The molecule has 0 atom stereocenters. The van der Waals surface area contributed by atoms with Crippen molar-refractivity contribution in [2.45, 2.75) is 11.3 Å². The lowest BCUT2D eigenvalue weighted by molar-refractivity contribution is 0.492. The van der Waals surface area contributed by atoms with Crippen molar-refractivity contribution in [2.24, 2.45) is 0 Å². The molecule has 0 aliphatic carbocycles. The predicted octanol–water partition coefficient (Wildman–Crippen LogP) is 2.15. The van der Waals surface area contributed by atoms with E-state index in [4.69, 9.17) is 0 Å². The smallest absolute Gasteiger partial charge is 0.0622 e. The van der Waals surface area contributed by atoms with E-state index in [-0.39, 0.29) is 0 Å². The molecule has 2 N–H and O–H groups in total. The Hall–Kier alpha value is -0.510. The number of aryl methyl sites for hydroxylation is 1. The van der Waals surface area contributed by atoms with Crippen LogP contribution in [0.5, 0.6) is 0 Å². The molecule has 0 aromatic heterocycles. The van der Waals surface area contributed by atoms with Crippen LogP contribution in [-0.2, 0) is 6.42 Å². The van der Waals surface area contributed by atoms with Crippen LogP contribution < -0.4 is 0 Å². The van der Waals surface area contributed by atoms with Gasteiger partial charge in [-0.1, -0.05) is 12.1 Å². The molecule has 0 bridgehead atoms. The van der Waals surface area contributed by atoms with Crippen LogP contribution in [-0.4, -0.2) is 14.9 Å². The van der Waals surface area contributed by atoms with Gasteiger partial charge in [-0.25, -0.2) is 0 Å². The maximum atomic E-state index is 9.47. The summed E-state index contributed by atoms with van der Waals surface area (Å²) in [6, 6.07) is 8.23. The summed E-state index contributed by atoms with van der Waals surface area (Å²) in [5, 5.41) is 0. The fourth-order valence-electron chi connectivity index (χ4n) is 1.32. The molecular formula is C8H9O2S. The van der Waals surface area contributed by atoms with Crippen LogP contribution in [0.2, 0.25) is 0 Å². The summed E-state index contributed by atoms with van der Waals surface area (Å²) in [5.74, 6) is 0.486. The van der Waals surface area contributed by atoms with Crippen LogP contribution in [0.1, 0.15) is 5.56 Å². The van der Waals surface area contributed by atoms with Crippen LogP contribution in [0.4, 0.5) is 0 Å². The molecule has 0 spiro atoms. The Morgan fingerprint density at radius 1 is 1.45 bits per heavy atom. The fourth-order valence-corrected chi connectivity index (χ4v) is 2.89. The Morgan fingerprint density at radius 2 is 2.27 bits per heavy atom.